The van der Waals surface area contributed by atoms with Crippen LogP contribution in [0.1, 0.15) is 75.8 Å². The summed E-state index contributed by atoms with van der Waals surface area (Å²) in [5.74, 6) is 1.06. The Morgan fingerprint density at radius 3 is 2.38 bits per heavy atom. The predicted molar refractivity (Wildman–Crippen MR) is 172 cm³/mol. The van der Waals surface area contributed by atoms with Gasteiger partial charge in [-0.1, -0.05) is 70.0 Å². The van der Waals surface area contributed by atoms with E-state index in [1.165, 1.54) is 25.5 Å². The van der Waals surface area contributed by atoms with Crippen molar-refractivity contribution in [2.45, 2.75) is 65.7 Å². The Bertz CT molecular complexity index is 1270. The van der Waals surface area contributed by atoms with Crippen LogP contribution in [0.3, 0.4) is 0 Å². The summed E-state index contributed by atoms with van der Waals surface area (Å²) < 4.78 is 7.36. The zero-order chi connectivity index (χ0) is 31.3. The van der Waals surface area contributed by atoms with Gasteiger partial charge in [0.25, 0.3) is 0 Å². The van der Waals surface area contributed by atoms with Crippen LogP contribution in [0.15, 0.2) is 77.6 Å². The first-order valence-corrected chi connectivity index (χ1v) is 14.4. The first kappa shape index (κ1) is 35.5. The number of nitrogen functional groups attached to an aromatic ring is 1. The lowest BCUT2D eigenvalue weighted by Gasteiger charge is -2.24. The van der Waals surface area contributed by atoms with Crippen molar-refractivity contribution in [3.63, 3.8) is 0 Å². The molecule has 3 aromatic rings. The minimum atomic E-state index is -0.782. The third-order valence-electron chi connectivity index (χ3n) is 6.30. The Morgan fingerprint density at radius 1 is 1.19 bits per heavy atom. The van der Waals surface area contributed by atoms with Crippen LogP contribution in [0.2, 0.25) is 0 Å². The van der Waals surface area contributed by atoms with Gasteiger partial charge in [-0.2, -0.15) is 5.10 Å². The van der Waals surface area contributed by atoms with Crippen molar-refractivity contribution >= 4 is 35.5 Å². The van der Waals surface area contributed by atoms with E-state index in [9.17, 15) is 9.59 Å². The Morgan fingerprint density at radius 2 is 1.86 bits per heavy atom. The largest absolute Gasteiger partial charge is 0.481 e. The van der Waals surface area contributed by atoms with Gasteiger partial charge in [0.1, 0.15) is 12.1 Å². The highest BCUT2D eigenvalue weighted by atomic mass is 16.4. The van der Waals surface area contributed by atoms with Crippen molar-refractivity contribution in [1.82, 2.24) is 9.78 Å². The number of carboxylic acid groups (broad SMARTS) is 1. The molecule has 1 aliphatic rings. The smallest absolute Gasteiger partial charge is 0.303 e. The molecule has 0 atom stereocenters. The fourth-order valence-corrected chi connectivity index (χ4v) is 4.41. The number of allylic oxidation sites excluding steroid dienone is 2. The fourth-order valence-electron chi connectivity index (χ4n) is 4.41. The van der Waals surface area contributed by atoms with Gasteiger partial charge in [0, 0.05) is 30.8 Å². The summed E-state index contributed by atoms with van der Waals surface area (Å²) in [6.45, 7) is 9.09. The van der Waals surface area contributed by atoms with Gasteiger partial charge in [-0.15, -0.1) is 0 Å². The number of hydrogen-bond donors (Lipinski definition) is 4. The lowest BCUT2D eigenvalue weighted by atomic mass is 9.83. The van der Waals surface area contributed by atoms with E-state index in [0.717, 1.165) is 47.5 Å². The number of aldehydes is 1. The fraction of sp³-hybridized carbons (Fsp3) is 0.364. The van der Waals surface area contributed by atoms with Crippen molar-refractivity contribution < 1.29 is 19.1 Å². The van der Waals surface area contributed by atoms with Crippen molar-refractivity contribution in [2.24, 2.45) is 18.7 Å². The molecule has 1 fully saturated rings. The second-order valence-electron chi connectivity index (χ2n) is 9.38. The van der Waals surface area contributed by atoms with Gasteiger partial charge in [-0.25, -0.2) is 0 Å². The van der Waals surface area contributed by atoms with Crippen LogP contribution in [0, 0.1) is 12.8 Å². The number of aliphatic carboxylic acids is 1. The van der Waals surface area contributed by atoms with E-state index in [4.69, 9.17) is 15.3 Å². The molecule has 42 heavy (non-hydrogen) atoms. The molecular weight excluding hydrogens is 530 g/mol. The summed E-state index contributed by atoms with van der Waals surface area (Å²) in [4.78, 5) is 22.1. The molecule has 2 aromatic heterocycles. The maximum Gasteiger partial charge on any atom is 0.303 e. The molecule has 0 radical (unpaired) electrons. The van der Waals surface area contributed by atoms with Gasteiger partial charge < -0.3 is 26.3 Å². The van der Waals surface area contributed by atoms with Crippen LogP contribution in [0.5, 0.6) is 0 Å². The van der Waals surface area contributed by atoms with Gasteiger partial charge in [0.15, 0.2) is 5.76 Å². The number of furan rings is 1. The van der Waals surface area contributed by atoms with Crippen molar-refractivity contribution in [3.05, 3.63) is 90.2 Å². The number of rotatable bonds is 9. The molecular formula is C33H47N5O4. The number of hydrogen-bond acceptors (Lipinski definition) is 7. The number of aromatic nitrogens is 2. The van der Waals surface area contributed by atoms with Crippen LogP contribution in [-0.4, -0.2) is 27.1 Å². The molecule has 9 heteroatoms. The van der Waals surface area contributed by atoms with E-state index in [1.807, 2.05) is 82.4 Å². The molecule has 0 amide bonds. The second kappa shape index (κ2) is 20.4. The summed E-state index contributed by atoms with van der Waals surface area (Å²) in [5, 5.41) is 16.1. The minimum absolute atomic E-state index is 0.156. The highest BCUT2D eigenvalue weighted by Crippen LogP contribution is 2.34. The number of nitrogens with two attached hydrogens (primary N) is 2. The molecule has 6 N–H and O–H groups in total. The second-order valence-corrected chi connectivity index (χ2v) is 9.38. The summed E-state index contributed by atoms with van der Waals surface area (Å²) >= 11 is 0. The van der Waals surface area contributed by atoms with Crippen LogP contribution in [0.25, 0.3) is 11.8 Å². The molecule has 0 saturated heterocycles. The number of carbonyl (C=O) groups excluding carboxylic acids is 1. The van der Waals surface area contributed by atoms with Crippen molar-refractivity contribution in [3.8, 4) is 0 Å². The lowest BCUT2D eigenvalue weighted by Crippen LogP contribution is -2.15. The monoisotopic (exact) mass is 577 g/mol. The predicted octanol–water partition coefficient (Wildman–Crippen LogP) is 7.19. The first-order chi connectivity index (χ1) is 20.3. The number of benzene rings is 1. The number of carboxylic acids is 1. The molecule has 0 bridgehead atoms. The molecule has 1 aromatic carbocycles. The van der Waals surface area contributed by atoms with Crippen LogP contribution < -0.4 is 16.8 Å². The number of para-hydroxylation sites is 1. The van der Waals surface area contributed by atoms with Gasteiger partial charge in [-0.05, 0) is 62.1 Å². The van der Waals surface area contributed by atoms with Crippen LogP contribution in [0.4, 0.5) is 11.5 Å². The number of anilines is 2. The summed E-state index contributed by atoms with van der Waals surface area (Å²) in [7, 11) is 1.89. The highest BCUT2D eigenvalue weighted by molar-refractivity contribution is 5.91. The van der Waals surface area contributed by atoms with E-state index in [2.05, 4.69) is 22.7 Å². The number of aryl methyl sites for hydroxylation is 2. The first-order valence-electron chi connectivity index (χ1n) is 14.4. The van der Waals surface area contributed by atoms with E-state index >= 15 is 0 Å². The highest BCUT2D eigenvalue weighted by Gasteiger charge is 2.23. The average Bonchev–Trinajstić information content (AvgIpc) is 3.63. The van der Waals surface area contributed by atoms with Gasteiger partial charge in [0.05, 0.1) is 17.7 Å². The summed E-state index contributed by atoms with van der Waals surface area (Å²) in [6.07, 6.45) is 14.0. The van der Waals surface area contributed by atoms with Gasteiger partial charge >= 0.3 is 5.97 Å². The van der Waals surface area contributed by atoms with Crippen LogP contribution >= 0.6 is 0 Å². The lowest BCUT2D eigenvalue weighted by molar-refractivity contribution is -0.136. The number of nitrogens with one attached hydrogen (secondary N) is 1. The summed E-state index contributed by atoms with van der Waals surface area (Å²) in [5.41, 5.74) is 14.4. The van der Waals surface area contributed by atoms with Gasteiger partial charge in [-0.3, -0.25) is 14.3 Å². The molecule has 4 rings (SSSR count). The molecule has 0 unspecified atom stereocenters. The maximum atomic E-state index is 11.9. The number of nitrogens with zero attached hydrogens (tertiary/aromatic N) is 2. The number of carbonyl (C=O) groups is 2. The zero-order valence-electron chi connectivity index (χ0n) is 25.4. The molecule has 228 valence electrons. The third-order valence-corrected chi connectivity index (χ3v) is 6.30. The minimum Gasteiger partial charge on any atom is -0.481 e. The Kier molecular flexibility index (Phi) is 17.2. The standard InChI is InChI=1S/C18H23N3O2.C11H13NO2.C2H5N.C2H6/c1-13-11-17(21(2)20-13)19-18(16-9-6-10-23-16)15(12-22)14-7-4-3-5-8-14;12-10-7-3-1-5-9(10)6-2-4-8-11(13)14;1-2-3;1-2/h6,9-12,14,19H,3-5,7-8H2,1-2H3;1-3,5-7H,4,8,12H2,(H,13,14);2H,1,3H2;1-2H3/b18-15+;6-2+;;. The average molecular weight is 578 g/mol. The van der Waals surface area contributed by atoms with E-state index in [0.29, 0.717) is 23.8 Å². The quantitative estimate of drug-likeness (QED) is 0.119. The van der Waals surface area contributed by atoms with Gasteiger partial charge in [0.2, 0.25) is 0 Å². The topological polar surface area (TPSA) is 149 Å². The van der Waals surface area contributed by atoms with Crippen molar-refractivity contribution in [1.29, 1.82) is 0 Å². The molecule has 2 heterocycles. The Balaban J connectivity index is 0.000000397. The molecule has 0 aliphatic heterocycles. The van der Waals surface area contributed by atoms with Crippen LogP contribution in [-0.2, 0) is 16.6 Å². The van der Waals surface area contributed by atoms with E-state index in [-0.39, 0.29) is 6.42 Å². The summed E-state index contributed by atoms with van der Waals surface area (Å²) in [6, 6.07) is 13.2. The maximum absolute atomic E-state index is 11.9. The molecule has 1 aliphatic carbocycles. The Labute approximate surface area is 250 Å². The van der Waals surface area contributed by atoms with Crippen molar-refractivity contribution in [2.75, 3.05) is 11.1 Å². The third kappa shape index (κ3) is 12.3. The molecule has 1 saturated carbocycles. The Hall–Kier alpha value is -4.53. The zero-order valence-corrected chi connectivity index (χ0v) is 25.4. The molecule has 0 spiro atoms. The van der Waals surface area contributed by atoms with E-state index in [1.54, 1.807) is 10.9 Å². The van der Waals surface area contributed by atoms with E-state index < -0.39 is 5.97 Å². The normalized spacial score (nSPS) is 13.2. The SMILES string of the molecule is C=CN.CC.Cc1cc(N/C(=C(\C=O)C2CCCCC2)c2ccco2)n(C)n1.Nc1ccccc1/C=C/CCC(=O)O. The molecule has 9 nitrogen and oxygen atoms in total.